The molecule has 6 heterocycles. The number of hydrogen-bond acceptors (Lipinski definition) is 13. The van der Waals surface area contributed by atoms with Gasteiger partial charge in [-0.05, 0) is 86.4 Å². The van der Waals surface area contributed by atoms with Gasteiger partial charge in [0, 0.05) is 67.7 Å². The fourth-order valence-electron chi connectivity index (χ4n) is 11.3. The normalized spacial score (nSPS) is 17.7. The van der Waals surface area contributed by atoms with Crippen LogP contribution in [0.25, 0.3) is 65.8 Å². The van der Waals surface area contributed by atoms with Gasteiger partial charge < -0.3 is 45.7 Å². The third kappa shape index (κ3) is 11.4. The first kappa shape index (κ1) is 57.0. The zero-order chi connectivity index (χ0) is 58.3. The Hall–Kier alpha value is -8.28. The minimum Gasteiger partial charge on any atom is -0.453 e. The molecule has 5 aromatic heterocycles. The standard InChI is InChI=1S/C59H67FN12O9S/c1-31(2)72-43-18-14-35(21-37(43)26-65-72)47-48-50-45(69(7)58(79)71(50)39-16-15-38(23-39)66-57(78)80-8)27-62-53(48)68-49(47)36-13-17-41(42(60)22-36)54(75)61-19-20-81-29-46(74)67-52(59(4,5)6)56(77)70-28-40(73)24-44(70)55(76)63-25-33-9-11-34(12-10-33)51-32(3)64-30-82-51/h9-14,17-18,21-22,26-27,30-31,38-40,44,52,73H,15-16,19-20,23-25,28-29H2,1-8H3,(H,61,75)(H,62,68)(H,63,76)(H,66,78)(H,67,74)/t38-,39-,40-,44+,52-/m1/s1. The van der Waals surface area contributed by atoms with Crippen molar-refractivity contribution in [1.82, 2.24) is 60.0 Å². The van der Waals surface area contributed by atoms with Gasteiger partial charge in [-0.2, -0.15) is 5.10 Å². The van der Waals surface area contributed by atoms with E-state index in [9.17, 15) is 33.9 Å². The number of carbonyl (C=O) groups is 5. The van der Waals surface area contributed by atoms with E-state index in [0.717, 1.165) is 38.2 Å². The summed E-state index contributed by atoms with van der Waals surface area (Å²) in [6.45, 7) is 10.8. The number of aryl methyl sites for hydroxylation is 2. The number of hydrogen-bond donors (Lipinski definition) is 6. The van der Waals surface area contributed by atoms with E-state index in [-0.39, 0.29) is 62.0 Å². The number of thiazole rings is 1. The molecule has 82 heavy (non-hydrogen) atoms. The Balaban J connectivity index is 0.807. The van der Waals surface area contributed by atoms with Crippen LogP contribution in [0.5, 0.6) is 0 Å². The fourth-order valence-corrected chi connectivity index (χ4v) is 12.1. The second kappa shape index (κ2) is 23.3. The number of carbonyl (C=O) groups excluding carboxylic acids is 5. The number of methoxy groups -OCH3 is 1. The molecule has 1 saturated heterocycles. The van der Waals surface area contributed by atoms with Crippen LogP contribution < -0.4 is 27.0 Å². The number of aliphatic hydroxyl groups is 1. The summed E-state index contributed by atoms with van der Waals surface area (Å²) in [7, 11) is 3.00. The van der Waals surface area contributed by atoms with Crippen LogP contribution in [0.1, 0.15) is 94.0 Å². The van der Waals surface area contributed by atoms with Crippen molar-refractivity contribution in [3.63, 3.8) is 0 Å². The molecule has 1 aliphatic heterocycles. The SMILES string of the molecule is COC(=O)N[C@@H]1CC[C@@H](n2c(=O)n(C)c3cnc4[nH]c(-c5ccc(C(=O)NCCOCC(=O)N[C@H](C(=O)N6C[C@H](O)C[C@H]6C(=O)NCc6ccc(-c7scnc7C)cc6)C(C)(C)C)c(F)c5)c(-c5ccc6c(cnn6C(C)C)c5)c4c32)C1. The minimum atomic E-state index is -1.09. The third-order valence-electron chi connectivity index (χ3n) is 15.5. The zero-order valence-electron chi connectivity index (χ0n) is 47.0. The largest absolute Gasteiger partial charge is 0.453 e. The van der Waals surface area contributed by atoms with Crippen LogP contribution in [-0.2, 0) is 37.4 Å². The number of aliphatic hydroxyl groups excluding tert-OH is 1. The van der Waals surface area contributed by atoms with E-state index in [4.69, 9.17) is 14.5 Å². The number of aromatic amines is 1. The van der Waals surface area contributed by atoms with Crippen LogP contribution >= 0.6 is 11.3 Å². The Morgan fingerprint density at radius 1 is 0.939 bits per heavy atom. The number of amides is 5. The lowest BCUT2D eigenvalue weighted by Crippen LogP contribution is -2.58. The maximum absolute atomic E-state index is 16.4. The first-order chi connectivity index (χ1) is 39.2. The summed E-state index contributed by atoms with van der Waals surface area (Å²) in [5, 5.41) is 28.0. The number of β-amino-alcohol motifs (C(OH)–C–C–N with tert-alkyl or cyclic N) is 1. The van der Waals surface area contributed by atoms with E-state index in [0.29, 0.717) is 58.2 Å². The highest BCUT2D eigenvalue weighted by Crippen LogP contribution is 2.44. The third-order valence-corrected chi connectivity index (χ3v) is 16.5. The highest BCUT2D eigenvalue weighted by Gasteiger charge is 2.44. The number of imidazole rings is 1. The molecule has 1 saturated carbocycles. The summed E-state index contributed by atoms with van der Waals surface area (Å²) in [4.78, 5) is 95.9. The number of ether oxygens (including phenoxy) is 2. The zero-order valence-corrected chi connectivity index (χ0v) is 47.8. The quantitative estimate of drug-likeness (QED) is 0.0501. The summed E-state index contributed by atoms with van der Waals surface area (Å²) in [5.74, 6) is -3.11. The molecule has 0 spiro atoms. The molecule has 0 unspecified atom stereocenters. The van der Waals surface area contributed by atoms with Crippen LogP contribution in [-0.4, -0.2) is 131 Å². The lowest BCUT2D eigenvalue weighted by molar-refractivity contribution is -0.144. The Morgan fingerprint density at radius 2 is 1.70 bits per heavy atom. The van der Waals surface area contributed by atoms with Crippen molar-refractivity contribution in [3.8, 4) is 32.8 Å². The van der Waals surface area contributed by atoms with E-state index in [1.807, 2.05) is 67.9 Å². The summed E-state index contributed by atoms with van der Waals surface area (Å²) >= 11 is 1.55. The maximum Gasteiger partial charge on any atom is 0.407 e. The first-order valence-electron chi connectivity index (χ1n) is 27.3. The number of aromatic nitrogens is 7. The molecular formula is C59H67FN12O9S. The Kier molecular flexibility index (Phi) is 16.2. The van der Waals surface area contributed by atoms with Crippen molar-refractivity contribution in [3.05, 3.63) is 112 Å². The number of fused-ring (bicyclic) bond motifs is 4. The van der Waals surface area contributed by atoms with E-state index in [1.54, 1.807) is 72.3 Å². The predicted octanol–water partition coefficient (Wildman–Crippen LogP) is 7.06. The van der Waals surface area contributed by atoms with Gasteiger partial charge in [0.2, 0.25) is 17.7 Å². The van der Waals surface area contributed by atoms with Gasteiger partial charge in [0.15, 0.2) is 0 Å². The number of benzene rings is 3. The molecule has 0 bridgehead atoms. The van der Waals surface area contributed by atoms with Gasteiger partial charge in [-0.3, -0.25) is 33.0 Å². The van der Waals surface area contributed by atoms with E-state index in [2.05, 4.69) is 36.3 Å². The maximum atomic E-state index is 16.4. The van der Waals surface area contributed by atoms with E-state index >= 15 is 4.39 Å². The minimum absolute atomic E-state index is 0.0345. The highest BCUT2D eigenvalue weighted by molar-refractivity contribution is 7.13. The van der Waals surface area contributed by atoms with Crippen molar-refractivity contribution in [1.29, 1.82) is 0 Å². The molecule has 21 nitrogen and oxygen atoms in total. The molecule has 3 aromatic carbocycles. The molecular weight excluding hydrogens is 1070 g/mol. The van der Waals surface area contributed by atoms with E-state index < -0.39 is 65.7 Å². The highest BCUT2D eigenvalue weighted by atomic mass is 32.1. The molecule has 0 radical (unpaired) electrons. The van der Waals surface area contributed by atoms with Crippen LogP contribution in [0, 0.1) is 18.2 Å². The number of likely N-dealkylation sites (tertiary alicyclic amines) is 1. The van der Waals surface area contributed by atoms with Crippen LogP contribution in [0.15, 0.2) is 83.4 Å². The van der Waals surface area contributed by atoms with Crippen molar-refractivity contribution in [2.45, 2.75) is 110 Å². The summed E-state index contributed by atoms with van der Waals surface area (Å²) < 4.78 is 32.1. The number of nitrogens with one attached hydrogen (secondary N) is 5. The topological polar surface area (TPSA) is 262 Å². The second-order valence-corrected chi connectivity index (χ2v) is 23.4. The van der Waals surface area contributed by atoms with E-state index in [1.165, 1.54) is 24.1 Å². The molecule has 2 fully saturated rings. The average molecular weight is 1140 g/mol. The Labute approximate surface area is 475 Å². The lowest BCUT2D eigenvalue weighted by atomic mass is 9.85. The number of rotatable bonds is 17. The lowest BCUT2D eigenvalue weighted by Gasteiger charge is -2.35. The van der Waals surface area contributed by atoms with Crippen molar-refractivity contribution in [2.24, 2.45) is 12.5 Å². The molecule has 5 amide bonds. The van der Waals surface area contributed by atoms with Crippen molar-refractivity contribution >= 4 is 74.0 Å². The van der Waals surface area contributed by atoms with Gasteiger partial charge in [-0.15, -0.1) is 11.3 Å². The summed E-state index contributed by atoms with van der Waals surface area (Å²) in [5.41, 5.74) is 8.20. The number of halogens is 1. The first-order valence-corrected chi connectivity index (χ1v) is 28.2. The predicted molar refractivity (Wildman–Crippen MR) is 308 cm³/mol. The molecule has 8 aromatic rings. The number of nitrogens with zero attached hydrogens (tertiary/aromatic N) is 7. The number of H-pyrrole nitrogens is 1. The molecule has 2 aliphatic rings. The van der Waals surface area contributed by atoms with Gasteiger partial charge in [0.05, 0.1) is 81.5 Å². The summed E-state index contributed by atoms with van der Waals surface area (Å²) in [6, 6.07) is 15.6. The Bertz CT molecular complexity index is 3820. The Morgan fingerprint density at radius 3 is 2.40 bits per heavy atom. The molecule has 430 valence electrons. The van der Waals surface area contributed by atoms with Gasteiger partial charge in [0.1, 0.15) is 30.2 Å². The average Bonchev–Trinajstić information content (AvgIpc) is 2.22. The van der Waals surface area contributed by atoms with Crippen LogP contribution in [0.4, 0.5) is 9.18 Å². The van der Waals surface area contributed by atoms with Crippen molar-refractivity contribution < 1.29 is 42.9 Å². The van der Waals surface area contributed by atoms with Gasteiger partial charge in [0.25, 0.3) is 5.91 Å². The van der Waals surface area contributed by atoms with Gasteiger partial charge in [-0.25, -0.2) is 23.9 Å². The number of pyridine rings is 1. The second-order valence-electron chi connectivity index (χ2n) is 22.5. The molecule has 23 heteroatoms. The smallest absolute Gasteiger partial charge is 0.407 e. The molecule has 5 atom stereocenters. The monoisotopic (exact) mass is 1140 g/mol. The van der Waals surface area contributed by atoms with Gasteiger partial charge in [-0.1, -0.05) is 57.2 Å². The van der Waals surface area contributed by atoms with Crippen LogP contribution in [0.2, 0.25) is 0 Å². The molecule has 10 rings (SSSR count). The molecule has 1 aliphatic carbocycles. The fraction of sp³-hybridized carbons (Fsp3) is 0.407. The molecule has 6 N–H and O–H groups in total. The van der Waals surface area contributed by atoms with Gasteiger partial charge >= 0.3 is 11.8 Å². The summed E-state index contributed by atoms with van der Waals surface area (Å²) in [6.07, 6.45) is 3.72. The van der Waals surface area contributed by atoms with Crippen LogP contribution in [0.3, 0.4) is 0 Å². The number of alkyl carbamates (subject to hydrolysis) is 1. The van der Waals surface area contributed by atoms with Crippen molar-refractivity contribution in [2.75, 3.05) is 33.4 Å².